The highest BCUT2D eigenvalue weighted by atomic mass is 32.1. The zero-order chi connectivity index (χ0) is 17.6. The van der Waals surface area contributed by atoms with E-state index in [-0.39, 0.29) is 6.04 Å². The second-order valence-electron chi connectivity index (χ2n) is 6.15. The van der Waals surface area contributed by atoms with Gasteiger partial charge in [-0.1, -0.05) is 66.7 Å². The molecule has 0 radical (unpaired) electrons. The van der Waals surface area contributed by atoms with E-state index in [0.717, 1.165) is 5.69 Å². The Hall–Kier alpha value is -2.65. The summed E-state index contributed by atoms with van der Waals surface area (Å²) in [6.07, 6.45) is 0. The van der Waals surface area contributed by atoms with Gasteiger partial charge in [-0.2, -0.15) is 0 Å². The monoisotopic (exact) mass is 346 g/mol. The van der Waals surface area contributed by atoms with Crippen molar-refractivity contribution in [3.8, 4) is 0 Å². The first kappa shape index (κ1) is 17.2. The van der Waals surface area contributed by atoms with Gasteiger partial charge >= 0.3 is 0 Å². The molecular formula is C22H22N2S. The van der Waals surface area contributed by atoms with Gasteiger partial charge in [0.1, 0.15) is 0 Å². The number of rotatable bonds is 4. The van der Waals surface area contributed by atoms with E-state index in [1.807, 2.05) is 36.4 Å². The molecule has 25 heavy (non-hydrogen) atoms. The molecular weight excluding hydrogens is 324 g/mol. The fourth-order valence-corrected chi connectivity index (χ4v) is 3.00. The molecule has 0 aliphatic carbocycles. The normalized spacial score (nSPS) is 10.5. The molecule has 0 fully saturated rings. The highest BCUT2D eigenvalue weighted by Gasteiger charge is 2.14. The SMILES string of the molecule is Cc1ccc(NC(=S)NC(c2ccccc2)c2ccccc2)cc1C. The minimum atomic E-state index is 0.00828. The predicted molar refractivity (Wildman–Crippen MR) is 110 cm³/mol. The smallest absolute Gasteiger partial charge is 0.171 e. The maximum atomic E-state index is 5.57. The van der Waals surface area contributed by atoms with Crippen LogP contribution in [0.2, 0.25) is 0 Å². The number of benzene rings is 3. The summed E-state index contributed by atoms with van der Waals surface area (Å²) < 4.78 is 0. The fourth-order valence-electron chi connectivity index (χ4n) is 2.77. The molecule has 126 valence electrons. The third-order valence-corrected chi connectivity index (χ3v) is 4.53. The maximum Gasteiger partial charge on any atom is 0.171 e. The standard InChI is InChI=1S/C22H22N2S/c1-16-13-14-20(15-17(16)2)23-22(25)24-21(18-9-5-3-6-10-18)19-11-7-4-8-12-19/h3-15,21H,1-2H3,(H2,23,24,25). The van der Waals surface area contributed by atoms with Crippen LogP contribution in [0.1, 0.15) is 28.3 Å². The van der Waals surface area contributed by atoms with Crippen molar-refractivity contribution in [2.45, 2.75) is 19.9 Å². The van der Waals surface area contributed by atoms with Gasteiger partial charge in [0.15, 0.2) is 5.11 Å². The van der Waals surface area contributed by atoms with Crippen molar-refractivity contribution in [3.63, 3.8) is 0 Å². The van der Waals surface area contributed by atoms with E-state index < -0.39 is 0 Å². The molecule has 0 atom stereocenters. The quantitative estimate of drug-likeness (QED) is 0.620. The number of thiocarbonyl (C=S) groups is 1. The van der Waals surface area contributed by atoms with E-state index in [4.69, 9.17) is 12.2 Å². The average molecular weight is 346 g/mol. The van der Waals surface area contributed by atoms with Crippen LogP contribution < -0.4 is 10.6 Å². The molecule has 0 unspecified atom stereocenters. The second-order valence-corrected chi connectivity index (χ2v) is 6.56. The molecule has 0 aliphatic heterocycles. The molecule has 3 rings (SSSR count). The van der Waals surface area contributed by atoms with Crippen LogP contribution in [0.4, 0.5) is 5.69 Å². The zero-order valence-electron chi connectivity index (χ0n) is 14.5. The third kappa shape index (κ3) is 4.46. The van der Waals surface area contributed by atoms with Gasteiger partial charge in [-0.05, 0) is 60.5 Å². The molecule has 2 nitrogen and oxygen atoms in total. The first-order valence-electron chi connectivity index (χ1n) is 8.38. The van der Waals surface area contributed by atoms with Gasteiger partial charge in [-0.3, -0.25) is 0 Å². The van der Waals surface area contributed by atoms with Gasteiger partial charge in [0.2, 0.25) is 0 Å². The summed E-state index contributed by atoms with van der Waals surface area (Å²) in [6.45, 7) is 4.21. The summed E-state index contributed by atoms with van der Waals surface area (Å²) in [7, 11) is 0. The third-order valence-electron chi connectivity index (χ3n) is 4.31. The number of aryl methyl sites for hydroxylation is 2. The van der Waals surface area contributed by atoms with E-state index in [1.54, 1.807) is 0 Å². The molecule has 0 heterocycles. The van der Waals surface area contributed by atoms with Crippen molar-refractivity contribution < 1.29 is 0 Å². The first-order chi connectivity index (χ1) is 12.1. The highest BCUT2D eigenvalue weighted by molar-refractivity contribution is 7.80. The van der Waals surface area contributed by atoms with Gasteiger partial charge in [-0.25, -0.2) is 0 Å². The summed E-state index contributed by atoms with van der Waals surface area (Å²) >= 11 is 5.57. The van der Waals surface area contributed by atoms with Gasteiger partial charge < -0.3 is 10.6 Å². The molecule has 0 saturated heterocycles. The lowest BCUT2D eigenvalue weighted by molar-refractivity contribution is 0.768. The van der Waals surface area contributed by atoms with Crippen LogP contribution in [0.5, 0.6) is 0 Å². The van der Waals surface area contributed by atoms with Crippen molar-refractivity contribution in [3.05, 3.63) is 101 Å². The number of anilines is 1. The van der Waals surface area contributed by atoms with Crippen LogP contribution in [0.25, 0.3) is 0 Å². The molecule has 3 aromatic rings. The molecule has 0 spiro atoms. The Bertz CT molecular complexity index is 805. The lowest BCUT2D eigenvalue weighted by Crippen LogP contribution is -2.33. The summed E-state index contributed by atoms with van der Waals surface area (Å²) in [5, 5.41) is 7.36. The van der Waals surface area contributed by atoms with Crippen LogP contribution in [0, 0.1) is 13.8 Å². The fraction of sp³-hybridized carbons (Fsp3) is 0.136. The Morgan fingerprint density at radius 2 is 1.32 bits per heavy atom. The van der Waals surface area contributed by atoms with Crippen LogP contribution >= 0.6 is 12.2 Å². The largest absolute Gasteiger partial charge is 0.352 e. The Morgan fingerprint density at radius 3 is 1.84 bits per heavy atom. The Morgan fingerprint density at radius 1 is 0.760 bits per heavy atom. The topological polar surface area (TPSA) is 24.1 Å². The van der Waals surface area contributed by atoms with E-state index >= 15 is 0 Å². The molecule has 0 bridgehead atoms. The lowest BCUT2D eigenvalue weighted by atomic mass is 9.99. The molecule has 2 N–H and O–H groups in total. The summed E-state index contributed by atoms with van der Waals surface area (Å²) in [6, 6.07) is 27.0. The van der Waals surface area contributed by atoms with Crippen LogP contribution in [-0.2, 0) is 0 Å². The van der Waals surface area contributed by atoms with Crippen LogP contribution in [0.15, 0.2) is 78.9 Å². The molecule has 0 saturated carbocycles. The summed E-state index contributed by atoms with van der Waals surface area (Å²) in [5.74, 6) is 0. The zero-order valence-corrected chi connectivity index (χ0v) is 15.3. The van der Waals surface area contributed by atoms with Crippen molar-refractivity contribution in [2.24, 2.45) is 0 Å². The van der Waals surface area contributed by atoms with Crippen molar-refractivity contribution in [1.29, 1.82) is 0 Å². The van der Waals surface area contributed by atoms with Crippen LogP contribution in [-0.4, -0.2) is 5.11 Å². The Kier molecular flexibility index (Phi) is 5.46. The van der Waals surface area contributed by atoms with Crippen molar-refractivity contribution >= 4 is 23.0 Å². The van der Waals surface area contributed by atoms with Gasteiger partial charge in [0, 0.05) is 5.69 Å². The van der Waals surface area contributed by atoms with Crippen molar-refractivity contribution in [1.82, 2.24) is 5.32 Å². The lowest BCUT2D eigenvalue weighted by Gasteiger charge is -2.22. The van der Waals surface area contributed by atoms with E-state index in [0.29, 0.717) is 5.11 Å². The van der Waals surface area contributed by atoms with Crippen molar-refractivity contribution in [2.75, 3.05) is 5.32 Å². The van der Waals surface area contributed by atoms with E-state index in [9.17, 15) is 0 Å². The number of hydrogen-bond donors (Lipinski definition) is 2. The molecule has 3 aromatic carbocycles. The van der Waals surface area contributed by atoms with Crippen LogP contribution in [0.3, 0.4) is 0 Å². The number of hydrogen-bond acceptors (Lipinski definition) is 1. The van der Waals surface area contributed by atoms with E-state index in [1.165, 1.54) is 22.3 Å². The second kappa shape index (κ2) is 7.95. The average Bonchev–Trinajstić information content (AvgIpc) is 2.64. The maximum absolute atomic E-state index is 5.57. The molecule has 0 aliphatic rings. The summed E-state index contributed by atoms with van der Waals surface area (Å²) in [4.78, 5) is 0. The molecule has 0 aromatic heterocycles. The Labute approximate surface area is 154 Å². The van der Waals surface area contributed by atoms with Gasteiger partial charge in [-0.15, -0.1) is 0 Å². The Balaban J connectivity index is 1.80. The number of nitrogens with one attached hydrogen (secondary N) is 2. The minimum Gasteiger partial charge on any atom is -0.352 e. The summed E-state index contributed by atoms with van der Waals surface area (Å²) in [5.41, 5.74) is 5.88. The first-order valence-corrected chi connectivity index (χ1v) is 8.79. The predicted octanol–water partition coefficient (Wildman–Crippen LogP) is 5.38. The minimum absolute atomic E-state index is 0.00828. The van der Waals surface area contributed by atoms with Gasteiger partial charge in [0.05, 0.1) is 6.04 Å². The molecule has 3 heteroatoms. The highest BCUT2D eigenvalue weighted by Crippen LogP contribution is 2.22. The van der Waals surface area contributed by atoms with Gasteiger partial charge in [0.25, 0.3) is 0 Å². The molecule has 0 amide bonds. The van der Waals surface area contributed by atoms with E-state index in [2.05, 4.69) is 66.9 Å².